The van der Waals surface area contributed by atoms with Crippen LogP contribution in [0.5, 0.6) is 11.5 Å². The third-order valence-corrected chi connectivity index (χ3v) is 3.33. The van der Waals surface area contributed by atoms with Crippen LogP contribution in [0.3, 0.4) is 0 Å². The number of hydrogen-bond acceptors (Lipinski definition) is 6. The molecule has 1 amide bonds. The van der Waals surface area contributed by atoms with E-state index in [2.05, 4.69) is 4.98 Å². The zero-order valence-corrected chi connectivity index (χ0v) is 11.9. The Morgan fingerprint density at radius 1 is 1.41 bits per heavy atom. The predicted molar refractivity (Wildman–Crippen MR) is 76.5 cm³/mol. The molecule has 1 N–H and O–H groups in total. The lowest BCUT2D eigenvalue weighted by Gasteiger charge is -2.13. The minimum absolute atomic E-state index is 0.0574. The smallest absolute Gasteiger partial charge is 0.308 e. The first-order valence-corrected chi connectivity index (χ1v) is 6.83. The molecule has 0 saturated carbocycles. The zero-order valence-electron chi connectivity index (χ0n) is 11.9. The van der Waals surface area contributed by atoms with Gasteiger partial charge in [-0.2, -0.15) is 0 Å². The van der Waals surface area contributed by atoms with Gasteiger partial charge >= 0.3 is 5.97 Å². The maximum atomic E-state index is 11.9. The van der Waals surface area contributed by atoms with Gasteiger partial charge in [0.2, 0.25) is 17.4 Å². The number of rotatable bonds is 3. The Balaban J connectivity index is 2.11. The molecular weight excluding hydrogens is 288 g/mol. The molecule has 22 heavy (non-hydrogen) atoms. The molecule has 0 aliphatic carbocycles. The van der Waals surface area contributed by atoms with E-state index < -0.39 is 5.97 Å². The summed E-state index contributed by atoms with van der Waals surface area (Å²) in [4.78, 5) is 28.4. The number of esters is 1. The van der Waals surface area contributed by atoms with E-state index in [-0.39, 0.29) is 29.1 Å². The van der Waals surface area contributed by atoms with Crippen LogP contribution in [-0.4, -0.2) is 28.5 Å². The van der Waals surface area contributed by atoms with Gasteiger partial charge in [-0.1, -0.05) is 0 Å². The first-order chi connectivity index (χ1) is 10.6. The van der Waals surface area contributed by atoms with Crippen LogP contribution in [0.2, 0.25) is 0 Å². The summed E-state index contributed by atoms with van der Waals surface area (Å²) < 4.78 is 10.7. The summed E-state index contributed by atoms with van der Waals surface area (Å²) in [7, 11) is 0. The number of carbonyl (C=O) groups excluding carboxylic acids is 2. The van der Waals surface area contributed by atoms with Gasteiger partial charge in [0.1, 0.15) is 0 Å². The third-order valence-electron chi connectivity index (χ3n) is 3.33. The second-order valence-electron chi connectivity index (χ2n) is 4.89. The zero-order chi connectivity index (χ0) is 15.7. The largest absolute Gasteiger partial charge is 0.502 e. The van der Waals surface area contributed by atoms with E-state index in [1.807, 2.05) is 0 Å². The highest BCUT2D eigenvalue weighted by Gasteiger charge is 2.33. The van der Waals surface area contributed by atoms with Crippen molar-refractivity contribution in [1.82, 2.24) is 4.98 Å². The summed E-state index contributed by atoms with van der Waals surface area (Å²) in [5.41, 5.74) is 0.568. The lowest BCUT2D eigenvalue weighted by Crippen LogP contribution is -2.24. The van der Waals surface area contributed by atoms with Gasteiger partial charge in [-0.15, -0.1) is 0 Å². The molecule has 0 unspecified atom stereocenters. The van der Waals surface area contributed by atoms with Crippen molar-refractivity contribution in [1.29, 1.82) is 0 Å². The van der Waals surface area contributed by atoms with E-state index in [0.717, 1.165) is 0 Å². The number of ether oxygens (including phenoxy) is 1. The van der Waals surface area contributed by atoms with Gasteiger partial charge < -0.3 is 14.3 Å². The molecule has 0 bridgehead atoms. The molecule has 0 atom stereocenters. The van der Waals surface area contributed by atoms with Crippen molar-refractivity contribution in [2.75, 3.05) is 11.4 Å². The molecule has 3 rings (SSSR count). The predicted octanol–water partition coefficient (Wildman–Crippen LogP) is 2.10. The number of amides is 1. The van der Waals surface area contributed by atoms with Crippen LogP contribution < -0.4 is 9.64 Å². The van der Waals surface area contributed by atoms with Crippen molar-refractivity contribution in [3.8, 4) is 22.8 Å². The second-order valence-corrected chi connectivity index (χ2v) is 4.89. The van der Waals surface area contributed by atoms with Crippen LogP contribution in [0, 0.1) is 0 Å². The number of pyridine rings is 1. The van der Waals surface area contributed by atoms with Gasteiger partial charge in [0.15, 0.2) is 5.76 Å². The quantitative estimate of drug-likeness (QED) is 0.873. The maximum Gasteiger partial charge on any atom is 0.308 e. The van der Waals surface area contributed by atoms with E-state index in [1.54, 1.807) is 24.5 Å². The van der Waals surface area contributed by atoms with Crippen molar-refractivity contribution in [3.63, 3.8) is 0 Å². The molecule has 7 heteroatoms. The van der Waals surface area contributed by atoms with Gasteiger partial charge in [-0.25, -0.2) is 0 Å². The molecule has 1 aliphatic rings. The fourth-order valence-electron chi connectivity index (χ4n) is 2.37. The Kier molecular flexibility index (Phi) is 3.54. The first kappa shape index (κ1) is 14.1. The van der Waals surface area contributed by atoms with Crippen molar-refractivity contribution in [3.05, 3.63) is 24.5 Å². The minimum Gasteiger partial charge on any atom is -0.502 e. The summed E-state index contributed by atoms with van der Waals surface area (Å²) in [6, 6.07) is 3.29. The normalized spacial score (nSPS) is 14.4. The minimum atomic E-state index is -0.606. The van der Waals surface area contributed by atoms with Crippen molar-refractivity contribution in [2.45, 2.75) is 19.8 Å². The van der Waals surface area contributed by atoms with Gasteiger partial charge in [0, 0.05) is 37.8 Å². The Morgan fingerprint density at radius 3 is 2.73 bits per heavy atom. The SMILES string of the molecule is CC(=O)Oc1c(N2CCCC2=O)oc(-c2ccncc2)c1O. The molecule has 0 spiro atoms. The summed E-state index contributed by atoms with van der Waals surface area (Å²) in [6.45, 7) is 1.67. The van der Waals surface area contributed by atoms with Crippen molar-refractivity contribution in [2.24, 2.45) is 0 Å². The monoisotopic (exact) mass is 302 g/mol. The van der Waals surface area contributed by atoms with Gasteiger partial charge in [-0.3, -0.25) is 19.5 Å². The average Bonchev–Trinajstić information content (AvgIpc) is 3.05. The van der Waals surface area contributed by atoms with Gasteiger partial charge in [0.05, 0.1) is 0 Å². The number of anilines is 1. The highest BCUT2D eigenvalue weighted by atomic mass is 16.6. The topological polar surface area (TPSA) is 92.9 Å². The molecule has 0 radical (unpaired) electrons. The number of aromatic nitrogens is 1. The molecule has 1 fully saturated rings. The number of hydrogen-bond donors (Lipinski definition) is 1. The summed E-state index contributed by atoms with van der Waals surface area (Å²) in [6.07, 6.45) is 4.17. The molecule has 3 heterocycles. The van der Waals surface area contributed by atoms with Crippen LogP contribution in [-0.2, 0) is 9.59 Å². The Bertz CT molecular complexity index is 723. The molecule has 114 valence electrons. The van der Waals surface area contributed by atoms with Crippen LogP contribution in [0.4, 0.5) is 5.88 Å². The van der Waals surface area contributed by atoms with E-state index in [9.17, 15) is 14.7 Å². The summed E-state index contributed by atoms with van der Waals surface area (Å²) >= 11 is 0. The molecule has 1 saturated heterocycles. The van der Waals surface area contributed by atoms with Crippen LogP contribution in [0.1, 0.15) is 19.8 Å². The fraction of sp³-hybridized carbons (Fsp3) is 0.267. The third kappa shape index (κ3) is 2.41. The van der Waals surface area contributed by atoms with Gasteiger partial charge in [-0.05, 0) is 18.6 Å². The highest BCUT2D eigenvalue weighted by molar-refractivity contribution is 5.97. The van der Waals surface area contributed by atoms with Gasteiger partial charge in [0.25, 0.3) is 5.88 Å². The van der Waals surface area contributed by atoms with E-state index in [0.29, 0.717) is 24.9 Å². The Labute approximate surface area is 126 Å². The molecule has 2 aromatic rings. The summed E-state index contributed by atoms with van der Waals surface area (Å²) in [5, 5.41) is 10.3. The molecular formula is C15H14N2O5. The summed E-state index contributed by atoms with van der Waals surface area (Å²) in [5.74, 6) is -0.991. The Morgan fingerprint density at radius 2 is 2.14 bits per heavy atom. The van der Waals surface area contributed by atoms with E-state index in [1.165, 1.54) is 11.8 Å². The molecule has 0 aromatic carbocycles. The second kappa shape index (κ2) is 5.51. The Hall–Kier alpha value is -2.83. The van der Waals surface area contributed by atoms with Crippen LogP contribution >= 0.6 is 0 Å². The maximum absolute atomic E-state index is 11.9. The highest BCUT2D eigenvalue weighted by Crippen LogP contribution is 2.48. The lowest BCUT2D eigenvalue weighted by molar-refractivity contribution is -0.132. The standard InChI is InChI=1S/C15H14N2O5/c1-9(18)21-14-12(20)13(10-4-6-16-7-5-10)22-15(14)17-8-2-3-11(17)19/h4-7,20H,2-3,8H2,1H3. The number of carbonyl (C=O) groups is 2. The number of nitrogens with zero attached hydrogens (tertiary/aromatic N) is 2. The van der Waals surface area contributed by atoms with Crippen LogP contribution in [0.25, 0.3) is 11.3 Å². The van der Waals surface area contributed by atoms with Crippen molar-refractivity contribution >= 4 is 17.8 Å². The first-order valence-electron chi connectivity index (χ1n) is 6.83. The average molecular weight is 302 g/mol. The number of furan rings is 1. The van der Waals surface area contributed by atoms with E-state index in [4.69, 9.17) is 9.15 Å². The molecule has 1 aliphatic heterocycles. The van der Waals surface area contributed by atoms with Crippen molar-refractivity contribution < 1.29 is 23.8 Å². The lowest BCUT2D eigenvalue weighted by atomic mass is 10.2. The number of aromatic hydroxyl groups is 1. The molecule has 2 aromatic heterocycles. The van der Waals surface area contributed by atoms with Crippen LogP contribution in [0.15, 0.2) is 28.9 Å². The van der Waals surface area contributed by atoms with E-state index >= 15 is 0 Å². The molecule has 7 nitrogen and oxygen atoms in total. The fourth-order valence-corrected chi connectivity index (χ4v) is 2.37.